The molecule has 1 atom stereocenters. The van der Waals surface area contributed by atoms with Gasteiger partial charge < -0.3 is 9.47 Å². The number of nitrogens with one attached hydrogen (secondary N) is 1. The van der Waals surface area contributed by atoms with Gasteiger partial charge in [-0.3, -0.25) is 15.1 Å². The van der Waals surface area contributed by atoms with Crippen LogP contribution >= 0.6 is 11.8 Å². The third-order valence-electron chi connectivity index (χ3n) is 4.43. The number of hydrazone groups is 1. The highest BCUT2D eigenvalue weighted by Gasteiger charge is 2.35. The first-order chi connectivity index (χ1) is 13.2. The van der Waals surface area contributed by atoms with Crippen LogP contribution in [0.5, 0.6) is 11.5 Å². The van der Waals surface area contributed by atoms with E-state index in [1.807, 2.05) is 42.7 Å². The van der Waals surface area contributed by atoms with Crippen LogP contribution in [0.1, 0.15) is 11.7 Å². The van der Waals surface area contributed by atoms with Crippen LogP contribution in [0.25, 0.3) is 5.70 Å². The SMILES string of the molecule is COc1ccc([C@H]2N=c3ccccc3=C3C(=O)NC(SC)=NN32)c(OC)c1. The molecule has 27 heavy (non-hydrogen) atoms. The van der Waals surface area contributed by atoms with Gasteiger partial charge in [0.15, 0.2) is 11.3 Å². The van der Waals surface area contributed by atoms with E-state index < -0.39 is 6.17 Å². The van der Waals surface area contributed by atoms with Crippen LogP contribution in [0.15, 0.2) is 52.6 Å². The minimum Gasteiger partial charge on any atom is -0.497 e. The zero-order valence-corrected chi connectivity index (χ0v) is 15.9. The number of carbonyl (C=O) groups excluding carboxylic acids is 1. The highest BCUT2D eigenvalue weighted by molar-refractivity contribution is 8.13. The molecule has 0 radical (unpaired) electrons. The maximum atomic E-state index is 12.8. The molecule has 0 fully saturated rings. The number of amidine groups is 1. The average Bonchev–Trinajstić information content (AvgIpc) is 2.72. The Morgan fingerprint density at radius 3 is 2.70 bits per heavy atom. The van der Waals surface area contributed by atoms with Gasteiger partial charge in [0.1, 0.15) is 17.2 Å². The Balaban J connectivity index is 1.97. The fraction of sp³-hybridized carbons (Fsp3) is 0.211. The number of para-hydroxylation sites is 1. The van der Waals surface area contributed by atoms with Crippen LogP contribution in [-0.2, 0) is 4.79 Å². The lowest BCUT2D eigenvalue weighted by Crippen LogP contribution is -2.50. The lowest BCUT2D eigenvalue weighted by atomic mass is 10.1. The summed E-state index contributed by atoms with van der Waals surface area (Å²) in [7, 11) is 3.20. The lowest BCUT2D eigenvalue weighted by molar-refractivity contribution is -0.116. The van der Waals surface area contributed by atoms with Crippen LogP contribution in [0.4, 0.5) is 0 Å². The van der Waals surface area contributed by atoms with Crippen molar-refractivity contribution in [2.45, 2.75) is 6.17 Å². The molecule has 7 nitrogen and oxygen atoms in total. The molecule has 2 heterocycles. The number of ether oxygens (including phenoxy) is 2. The molecule has 0 aliphatic carbocycles. The van der Waals surface area contributed by atoms with Crippen LogP contribution in [0, 0.1) is 0 Å². The minimum absolute atomic E-state index is 0.200. The molecule has 0 unspecified atom stereocenters. The maximum Gasteiger partial charge on any atom is 0.276 e. The molecule has 8 heteroatoms. The smallest absolute Gasteiger partial charge is 0.276 e. The van der Waals surface area contributed by atoms with E-state index >= 15 is 0 Å². The van der Waals surface area contributed by atoms with Crippen molar-refractivity contribution in [3.8, 4) is 11.5 Å². The van der Waals surface area contributed by atoms with Gasteiger partial charge in [-0.25, -0.2) is 5.01 Å². The number of hydrogen-bond donors (Lipinski definition) is 1. The van der Waals surface area contributed by atoms with Gasteiger partial charge in [0.2, 0.25) is 0 Å². The first-order valence-corrected chi connectivity index (χ1v) is 9.51. The largest absolute Gasteiger partial charge is 0.497 e. The monoisotopic (exact) mass is 382 g/mol. The molecule has 0 bridgehead atoms. The van der Waals surface area contributed by atoms with Gasteiger partial charge in [-0.15, -0.1) is 5.10 Å². The van der Waals surface area contributed by atoms with E-state index in [-0.39, 0.29) is 5.91 Å². The van der Waals surface area contributed by atoms with E-state index in [9.17, 15) is 4.79 Å². The fourth-order valence-corrected chi connectivity index (χ4v) is 3.52. The van der Waals surface area contributed by atoms with Gasteiger partial charge in [-0.2, -0.15) is 0 Å². The summed E-state index contributed by atoms with van der Waals surface area (Å²) in [5.74, 6) is 1.10. The molecular weight excluding hydrogens is 364 g/mol. The van der Waals surface area contributed by atoms with Gasteiger partial charge in [0.05, 0.1) is 19.6 Å². The van der Waals surface area contributed by atoms with Crippen molar-refractivity contribution < 1.29 is 14.3 Å². The Kier molecular flexibility index (Phi) is 4.49. The predicted molar refractivity (Wildman–Crippen MR) is 104 cm³/mol. The van der Waals surface area contributed by atoms with Gasteiger partial charge in [-0.1, -0.05) is 30.0 Å². The van der Waals surface area contributed by atoms with Crippen LogP contribution in [0.2, 0.25) is 0 Å². The summed E-state index contributed by atoms with van der Waals surface area (Å²) in [6.45, 7) is 0. The third kappa shape index (κ3) is 2.91. The number of nitrogens with zero attached hydrogens (tertiary/aromatic N) is 3. The molecule has 1 amide bonds. The standard InChI is InChI=1S/C19H18N4O3S/c1-25-11-8-9-13(15(10-11)26-2)17-20-14-7-5-4-6-12(14)16-18(24)21-19(27-3)22-23(16)17/h4-10,17H,1-3H3,(H,21,22,24)/t17-/m0/s1. The van der Waals surface area contributed by atoms with Crippen molar-refractivity contribution in [2.24, 2.45) is 10.1 Å². The number of thioether (sulfide) groups is 1. The van der Waals surface area contributed by atoms with E-state index in [0.29, 0.717) is 22.4 Å². The Morgan fingerprint density at radius 2 is 1.96 bits per heavy atom. The number of fused-ring (bicyclic) bond motifs is 2. The van der Waals surface area contributed by atoms with Crippen molar-refractivity contribution >= 4 is 28.5 Å². The number of hydrogen-bond acceptors (Lipinski definition) is 7. The second-order valence-electron chi connectivity index (χ2n) is 5.88. The molecule has 4 rings (SSSR count). The quantitative estimate of drug-likeness (QED) is 0.864. The zero-order valence-electron chi connectivity index (χ0n) is 15.1. The van der Waals surface area contributed by atoms with Gasteiger partial charge in [-0.05, 0) is 24.5 Å². The molecule has 2 aliphatic rings. The average molecular weight is 382 g/mol. The molecule has 0 saturated heterocycles. The molecular formula is C19H18N4O3S. The van der Waals surface area contributed by atoms with Crippen molar-refractivity contribution in [1.29, 1.82) is 0 Å². The Morgan fingerprint density at radius 1 is 1.15 bits per heavy atom. The maximum absolute atomic E-state index is 12.8. The Hall–Kier alpha value is -3.00. The summed E-state index contributed by atoms with van der Waals surface area (Å²) in [5.41, 5.74) is 1.27. The fourth-order valence-electron chi connectivity index (χ4n) is 3.15. The van der Waals surface area contributed by atoms with E-state index in [1.165, 1.54) is 11.8 Å². The van der Waals surface area contributed by atoms with Crippen LogP contribution in [-0.4, -0.2) is 36.6 Å². The van der Waals surface area contributed by atoms with Crippen molar-refractivity contribution in [3.05, 3.63) is 58.6 Å². The number of rotatable bonds is 3. The second-order valence-corrected chi connectivity index (χ2v) is 6.68. The van der Waals surface area contributed by atoms with E-state index in [1.54, 1.807) is 25.3 Å². The van der Waals surface area contributed by atoms with Crippen molar-refractivity contribution in [3.63, 3.8) is 0 Å². The predicted octanol–water partition coefficient (Wildman–Crippen LogP) is 1.21. The molecule has 1 N–H and O–H groups in total. The van der Waals surface area contributed by atoms with Crippen molar-refractivity contribution in [2.75, 3.05) is 20.5 Å². The van der Waals surface area contributed by atoms with Crippen LogP contribution in [0.3, 0.4) is 0 Å². The van der Waals surface area contributed by atoms with Gasteiger partial charge in [0.25, 0.3) is 5.91 Å². The molecule has 138 valence electrons. The van der Waals surface area contributed by atoms with Gasteiger partial charge in [0, 0.05) is 16.8 Å². The molecule has 2 aromatic carbocycles. The lowest BCUT2D eigenvalue weighted by Gasteiger charge is -2.34. The molecule has 2 aromatic rings. The van der Waals surface area contributed by atoms with E-state index in [0.717, 1.165) is 16.1 Å². The Bertz CT molecular complexity index is 1070. The molecule has 0 aromatic heterocycles. The normalized spacial score (nSPS) is 18.0. The topological polar surface area (TPSA) is 75.5 Å². The summed E-state index contributed by atoms with van der Waals surface area (Å²) in [6.07, 6.45) is 1.34. The number of amides is 1. The molecule has 0 spiro atoms. The van der Waals surface area contributed by atoms with E-state index in [4.69, 9.17) is 14.5 Å². The first kappa shape index (κ1) is 17.4. The first-order valence-electron chi connectivity index (χ1n) is 8.28. The summed E-state index contributed by atoms with van der Waals surface area (Å²) in [5, 5.41) is 11.1. The van der Waals surface area contributed by atoms with E-state index in [2.05, 4.69) is 10.4 Å². The van der Waals surface area contributed by atoms with Crippen LogP contribution < -0.4 is 25.4 Å². The number of benzene rings is 2. The third-order valence-corrected chi connectivity index (χ3v) is 5.00. The summed E-state index contributed by atoms with van der Waals surface area (Å²) in [6, 6.07) is 13.1. The number of methoxy groups -OCH3 is 2. The minimum atomic E-state index is -0.524. The zero-order chi connectivity index (χ0) is 19.0. The number of carbonyl (C=O) groups is 1. The summed E-state index contributed by atoms with van der Waals surface area (Å²) < 4.78 is 10.8. The summed E-state index contributed by atoms with van der Waals surface area (Å²) >= 11 is 1.37. The Labute approximate surface area is 160 Å². The molecule has 0 saturated carbocycles. The highest BCUT2D eigenvalue weighted by Crippen LogP contribution is 2.37. The summed E-state index contributed by atoms with van der Waals surface area (Å²) in [4.78, 5) is 17.7. The van der Waals surface area contributed by atoms with Crippen molar-refractivity contribution in [1.82, 2.24) is 10.3 Å². The second kappa shape index (κ2) is 6.96. The highest BCUT2D eigenvalue weighted by atomic mass is 32.2. The molecule has 2 aliphatic heterocycles. The van der Waals surface area contributed by atoms with Gasteiger partial charge >= 0.3 is 0 Å².